The summed E-state index contributed by atoms with van der Waals surface area (Å²) in [5.74, 6) is 1.45. The molecule has 1 fully saturated rings. The van der Waals surface area contributed by atoms with Crippen LogP contribution in [0.3, 0.4) is 0 Å². The second-order valence-electron chi connectivity index (χ2n) is 7.26. The van der Waals surface area contributed by atoms with Gasteiger partial charge in [0.1, 0.15) is 16.2 Å². The Bertz CT molecular complexity index is 931. The van der Waals surface area contributed by atoms with Crippen LogP contribution in [0, 0.1) is 5.92 Å². The first-order valence-corrected chi connectivity index (χ1v) is 10.9. The smallest absolute Gasteiger partial charge is 0.283 e. The van der Waals surface area contributed by atoms with Gasteiger partial charge in [-0.05, 0) is 68.4 Å². The zero-order chi connectivity index (χ0) is 17.5. The third-order valence-corrected chi connectivity index (χ3v) is 7.25. The van der Waals surface area contributed by atoms with Crippen LogP contribution in [0.4, 0.5) is 0 Å². The van der Waals surface area contributed by atoms with E-state index in [-0.39, 0.29) is 0 Å². The van der Waals surface area contributed by atoms with Gasteiger partial charge in [0, 0.05) is 10.3 Å². The van der Waals surface area contributed by atoms with E-state index in [2.05, 4.69) is 32.0 Å². The van der Waals surface area contributed by atoms with Crippen LogP contribution in [0.2, 0.25) is 0 Å². The lowest BCUT2D eigenvalue weighted by Crippen LogP contribution is -2.18. The molecule has 8 heteroatoms. The van der Waals surface area contributed by atoms with Crippen molar-refractivity contribution in [3.63, 3.8) is 0 Å². The molecule has 0 N–H and O–H groups in total. The first kappa shape index (κ1) is 16.6. The molecule has 2 aliphatic rings. The van der Waals surface area contributed by atoms with E-state index in [4.69, 9.17) is 4.42 Å². The Labute approximate surface area is 160 Å². The van der Waals surface area contributed by atoms with Gasteiger partial charge < -0.3 is 4.42 Å². The van der Waals surface area contributed by atoms with Gasteiger partial charge in [0.05, 0.1) is 6.54 Å². The van der Waals surface area contributed by atoms with Crippen molar-refractivity contribution in [2.24, 2.45) is 5.92 Å². The lowest BCUT2D eigenvalue weighted by Gasteiger charge is -2.17. The summed E-state index contributed by atoms with van der Waals surface area (Å²) in [6.45, 7) is 5.32. The fourth-order valence-corrected chi connectivity index (χ4v) is 6.10. The van der Waals surface area contributed by atoms with E-state index in [9.17, 15) is 0 Å². The molecule has 26 heavy (non-hydrogen) atoms. The number of aromatic nitrogens is 4. The van der Waals surface area contributed by atoms with Crippen LogP contribution in [0.15, 0.2) is 21.0 Å². The predicted octanol–water partition coefficient (Wildman–Crippen LogP) is 3.95. The van der Waals surface area contributed by atoms with Crippen molar-refractivity contribution in [2.75, 3.05) is 13.1 Å². The lowest BCUT2D eigenvalue weighted by atomic mass is 9.89. The minimum atomic E-state index is 0.573. The molecule has 0 amide bonds. The molecule has 0 unspecified atom stereocenters. The Morgan fingerprint density at radius 3 is 3.04 bits per heavy atom. The second kappa shape index (κ2) is 6.90. The first-order chi connectivity index (χ1) is 12.8. The number of nitrogens with zero attached hydrogens (tertiary/aromatic N) is 5. The zero-order valence-corrected chi connectivity index (χ0v) is 16.4. The van der Waals surface area contributed by atoms with Gasteiger partial charge in [-0.15, -0.1) is 21.5 Å². The normalized spacial score (nSPS) is 20.7. The molecule has 3 aromatic rings. The summed E-state index contributed by atoms with van der Waals surface area (Å²) in [7, 11) is 0. The van der Waals surface area contributed by atoms with Crippen LogP contribution in [0.1, 0.15) is 42.5 Å². The molecular formula is C18H21N5OS2. The number of hydrogen-bond acceptors (Lipinski definition) is 8. The van der Waals surface area contributed by atoms with Gasteiger partial charge in [-0.1, -0.05) is 6.92 Å². The first-order valence-electron chi connectivity index (χ1n) is 9.24. The molecule has 1 saturated heterocycles. The quantitative estimate of drug-likeness (QED) is 0.628. The highest BCUT2D eigenvalue weighted by atomic mass is 32.2. The maximum Gasteiger partial charge on any atom is 0.283 e. The fourth-order valence-electron chi connectivity index (χ4n) is 3.88. The molecule has 1 aliphatic heterocycles. The van der Waals surface area contributed by atoms with Gasteiger partial charge in [0.15, 0.2) is 0 Å². The third kappa shape index (κ3) is 3.14. The summed E-state index contributed by atoms with van der Waals surface area (Å²) in [5, 5.41) is 11.2. The molecule has 3 aromatic heterocycles. The molecule has 1 atom stereocenters. The SMILES string of the molecule is C[C@@H]1CCc2c(sc3ncnc(Sc4nnc(CN5CCCC5)o4)c23)C1. The average Bonchev–Trinajstić information content (AvgIpc) is 3.35. The van der Waals surface area contributed by atoms with E-state index in [1.165, 1.54) is 46.9 Å². The molecule has 0 saturated carbocycles. The summed E-state index contributed by atoms with van der Waals surface area (Å²) in [4.78, 5) is 14.0. The predicted molar refractivity (Wildman–Crippen MR) is 102 cm³/mol. The molecule has 0 spiro atoms. The van der Waals surface area contributed by atoms with Gasteiger partial charge in [-0.3, -0.25) is 4.90 Å². The van der Waals surface area contributed by atoms with E-state index < -0.39 is 0 Å². The van der Waals surface area contributed by atoms with Crippen LogP contribution < -0.4 is 0 Å². The molecule has 6 nitrogen and oxygen atoms in total. The van der Waals surface area contributed by atoms with E-state index in [1.807, 2.05) is 11.3 Å². The van der Waals surface area contributed by atoms with E-state index in [0.29, 0.717) is 11.1 Å². The maximum absolute atomic E-state index is 5.88. The van der Waals surface area contributed by atoms with Crippen LogP contribution in [0.5, 0.6) is 0 Å². The van der Waals surface area contributed by atoms with E-state index in [0.717, 1.165) is 48.3 Å². The minimum absolute atomic E-state index is 0.573. The van der Waals surface area contributed by atoms with E-state index >= 15 is 0 Å². The van der Waals surface area contributed by atoms with Crippen molar-refractivity contribution >= 4 is 33.3 Å². The highest BCUT2D eigenvalue weighted by Crippen LogP contribution is 2.41. The average molecular weight is 388 g/mol. The van der Waals surface area contributed by atoms with Crippen LogP contribution in [-0.2, 0) is 19.4 Å². The molecule has 4 heterocycles. The maximum atomic E-state index is 5.88. The van der Waals surface area contributed by atoms with Crippen LogP contribution >= 0.6 is 23.1 Å². The fraction of sp³-hybridized carbons (Fsp3) is 0.556. The monoisotopic (exact) mass is 387 g/mol. The standard InChI is InChI=1S/C18H21N5OS2/c1-11-4-5-12-13(8-11)25-16-15(12)17(20-10-19-16)26-18-22-21-14(24-18)9-23-6-2-3-7-23/h10-11H,2-9H2,1H3/t11-/m1/s1. The number of hydrogen-bond donors (Lipinski definition) is 0. The summed E-state index contributed by atoms with van der Waals surface area (Å²) in [5.41, 5.74) is 1.43. The molecule has 1 aliphatic carbocycles. The van der Waals surface area contributed by atoms with Crippen molar-refractivity contribution in [3.8, 4) is 0 Å². The Balaban J connectivity index is 1.42. The Hall–Kier alpha value is -1.51. The minimum Gasteiger partial charge on any atom is -0.414 e. The largest absolute Gasteiger partial charge is 0.414 e. The lowest BCUT2D eigenvalue weighted by molar-refractivity contribution is 0.278. The molecule has 136 valence electrons. The highest BCUT2D eigenvalue weighted by molar-refractivity contribution is 7.99. The van der Waals surface area contributed by atoms with Gasteiger partial charge in [0.2, 0.25) is 5.89 Å². The molecule has 0 bridgehead atoms. The number of thiophene rings is 1. The number of fused-ring (bicyclic) bond motifs is 3. The summed E-state index contributed by atoms with van der Waals surface area (Å²) in [6.07, 6.45) is 7.67. The Kier molecular flexibility index (Phi) is 4.42. The number of likely N-dealkylation sites (tertiary alicyclic amines) is 1. The van der Waals surface area contributed by atoms with Gasteiger partial charge in [-0.25, -0.2) is 9.97 Å². The van der Waals surface area contributed by atoms with Crippen molar-refractivity contribution in [3.05, 3.63) is 22.7 Å². The van der Waals surface area contributed by atoms with Gasteiger partial charge >= 0.3 is 0 Å². The van der Waals surface area contributed by atoms with Crippen molar-refractivity contribution in [1.29, 1.82) is 0 Å². The third-order valence-electron chi connectivity index (χ3n) is 5.25. The van der Waals surface area contributed by atoms with Crippen molar-refractivity contribution < 1.29 is 4.42 Å². The summed E-state index contributed by atoms with van der Waals surface area (Å²) < 4.78 is 5.88. The van der Waals surface area contributed by atoms with Gasteiger partial charge in [0.25, 0.3) is 5.22 Å². The molecular weight excluding hydrogens is 366 g/mol. The Morgan fingerprint density at radius 1 is 1.27 bits per heavy atom. The Morgan fingerprint density at radius 2 is 2.15 bits per heavy atom. The van der Waals surface area contributed by atoms with Crippen molar-refractivity contribution in [2.45, 2.75) is 55.8 Å². The van der Waals surface area contributed by atoms with E-state index in [1.54, 1.807) is 6.33 Å². The highest BCUT2D eigenvalue weighted by Gasteiger charge is 2.24. The van der Waals surface area contributed by atoms with Crippen molar-refractivity contribution in [1.82, 2.24) is 25.1 Å². The topological polar surface area (TPSA) is 67.9 Å². The summed E-state index contributed by atoms with van der Waals surface area (Å²) in [6, 6.07) is 0. The second-order valence-corrected chi connectivity index (χ2v) is 9.28. The summed E-state index contributed by atoms with van der Waals surface area (Å²) >= 11 is 3.29. The van der Waals surface area contributed by atoms with Crippen LogP contribution in [0.25, 0.3) is 10.2 Å². The molecule has 5 rings (SSSR count). The molecule has 0 aromatic carbocycles. The zero-order valence-electron chi connectivity index (χ0n) is 14.8. The van der Waals surface area contributed by atoms with Gasteiger partial charge in [-0.2, -0.15) is 0 Å². The van der Waals surface area contributed by atoms with Crippen LogP contribution in [-0.4, -0.2) is 38.2 Å². The number of rotatable bonds is 4. The molecule has 0 radical (unpaired) electrons. The number of aryl methyl sites for hydroxylation is 1.